The van der Waals surface area contributed by atoms with Crippen LogP contribution in [0.2, 0.25) is 0 Å². The first-order valence-corrected chi connectivity index (χ1v) is 3.68. The van der Waals surface area contributed by atoms with Crippen molar-refractivity contribution in [3.05, 3.63) is 0 Å². The quantitative estimate of drug-likeness (QED) is 0.511. The average Bonchev–Trinajstić information content (AvgIpc) is 2.30. The second kappa shape index (κ2) is 3.10. The third kappa shape index (κ3) is 1.94. The van der Waals surface area contributed by atoms with Gasteiger partial charge in [-0.3, -0.25) is 9.59 Å². The Labute approximate surface area is 70.2 Å². The molecule has 0 aromatic rings. The number of nitrogens with two attached hydrogens (primary N) is 1. The van der Waals surface area contributed by atoms with Gasteiger partial charge in [0, 0.05) is 13.0 Å². The molecule has 68 valence electrons. The van der Waals surface area contributed by atoms with E-state index in [2.05, 4.69) is 10.1 Å². The van der Waals surface area contributed by atoms with E-state index in [9.17, 15) is 9.59 Å². The summed E-state index contributed by atoms with van der Waals surface area (Å²) < 4.78 is 4.45. The van der Waals surface area contributed by atoms with E-state index in [1.54, 1.807) is 0 Å². The summed E-state index contributed by atoms with van der Waals surface area (Å²) in [5.41, 5.74) is 5.00. The van der Waals surface area contributed by atoms with Crippen LogP contribution in [0.3, 0.4) is 0 Å². The normalized spacial score (nSPS) is 28.3. The molecule has 1 aliphatic rings. The zero-order valence-electron chi connectivity index (χ0n) is 6.92. The molecule has 5 nitrogen and oxygen atoms in total. The molecule has 12 heavy (non-hydrogen) atoms. The summed E-state index contributed by atoms with van der Waals surface area (Å²) in [6.07, 6.45) is 0.282. The monoisotopic (exact) mass is 172 g/mol. The number of ether oxygens (including phenoxy) is 1. The molecule has 1 rings (SSSR count). The van der Waals surface area contributed by atoms with Gasteiger partial charge in [0.2, 0.25) is 5.91 Å². The Bertz CT molecular complexity index is 217. The Kier molecular flexibility index (Phi) is 2.32. The van der Waals surface area contributed by atoms with Crippen molar-refractivity contribution < 1.29 is 14.3 Å². The Morgan fingerprint density at radius 1 is 1.83 bits per heavy atom. The van der Waals surface area contributed by atoms with Crippen molar-refractivity contribution in [2.45, 2.75) is 18.4 Å². The number of rotatable bonds is 2. The molecule has 5 heteroatoms. The van der Waals surface area contributed by atoms with E-state index in [0.717, 1.165) is 0 Å². The standard InChI is InChI=1S/C7H12N2O3/c1-12-6(11)3-7(8)2-5(10)9-4-7/h2-4,8H2,1H3,(H,9,10). The minimum atomic E-state index is -0.746. The van der Waals surface area contributed by atoms with Crippen LogP contribution in [-0.2, 0) is 14.3 Å². The molecule has 0 bridgehead atoms. The molecule has 3 N–H and O–H groups in total. The lowest BCUT2D eigenvalue weighted by Crippen LogP contribution is -2.44. The zero-order valence-corrected chi connectivity index (χ0v) is 6.92. The van der Waals surface area contributed by atoms with Gasteiger partial charge in [-0.2, -0.15) is 0 Å². The lowest BCUT2D eigenvalue weighted by Gasteiger charge is -2.18. The summed E-state index contributed by atoms with van der Waals surface area (Å²) in [6, 6.07) is 0. The fourth-order valence-corrected chi connectivity index (χ4v) is 1.20. The Morgan fingerprint density at radius 3 is 2.92 bits per heavy atom. The minimum Gasteiger partial charge on any atom is -0.469 e. The topological polar surface area (TPSA) is 81.4 Å². The molecule has 1 amide bonds. The minimum absolute atomic E-state index is 0.0856. The number of carbonyl (C=O) groups excluding carboxylic acids is 2. The van der Waals surface area contributed by atoms with Crippen molar-refractivity contribution in [3.63, 3.8) is 0 Å². The molecule has 0 aromatic carbocycles. The van der Waals surface area contributed by atoms with Crippen LogP contribution in [-0.4, -0.2) is 31.1 Å². The maximum absolute atomic E-state index is 10.8. The third-order valence-electron chi connectivity index (χ3n) is 1.87. The van der Waals surface area contributed by atoms with Crippen molar-refractivity contribution in [3.8, 4) is 0 Å². The van der Waals surface area contributed by atoms with E-state index in [1.807, 2.05) is 0 Å². The van der Waals surface area contributed by atoms with Crippen LogP contribution in [0.15, 0.2) is 0 Å². The van der Waals surface area contributed by atoms with E-state index in [1.165, 1.54) is 7.11 Å². The third-order valence-corrected chi connectivity index (χ3v) is 1.87. The molecule has 1 unspecified atom stereocenters. The first-order valence-electron chi connectivity index (χ1n) is 3.68. The van der Waals surface area contributed by atoms with Crippen LogP contribution < -0.4 is 11.1 Å². The molecule has 1 fully saturated rings. The first-order chi connectivity index (χ1) is 5.56. The lowest BCUT2D eigenvalue weighted by molar-refractivity contribution is -0.141. The molecule has 0 radical (unpaired) electrons. The van der Waals surface area contributed by atoms with Crippen LogP contribution in [0.4, 0.5) is 0 Å². The Morgan fingerprint density at radius 2 is 2.50 bits per heavy atom. The van der Waals surface area contributed by atoms with Crippen LogP contribution >= 0.6 is 0 Å². The van der Waals surface area contributed by atoms with Gasteiger partial charge < -0.3 is 15.8 Å². The molecule has 0 saturated carbocycles. The number of carbonyl (C=O) groups is 2. The fraction of sp³-hybridized carbons (Fsp3) is 0.714. The van der Waals surface area contributed by atoms with Gasteiger partial charge in [0.15, 0.2) is 0 Å². The number of hydrogen-bond acceptors (Lipinski definition) is 4. The van der Waals surface area contributed by atoms with Crippen molar-refractivity contribution >= 4 is 11.9 Å². The molecule has 1 aliphatic heterocycles. The van der Waals surface area contributed by atoms with Crippen LogP contribution in [0.5, 0.6) is 0 Å². The van der Waals surface area contributed by atoms with Gasteiger partial charge in [-0.05, 0) is 0 Å². The van der Waals surface area contributed by atoms with E-state index in [-0.39, 0.29) is 24.7 Å². The molecule has 0 spiro atoms. The van der Waals surface area contributed by atoms with Crippen LogP contribution in [0, 0.1) is 0 Å². The number of esters is 1. The smallest absolute Gasteiger partial charge is 0.307 e. The molecule has 1 atom stereocenters. The molecular weight excluding hydrogens is 160 g/mol. The Balaban J connectivity index is 2.50. The summed E-state index contributed by atoms with van der Waals surface area (Å²) in [5, 5.41) is 2.57. The summed E-state index contributed by atoms with van der Waals surface area (Å²) in [4.78, 5) is 21.6. The van der Waals surface area contributed by atoms with E-state index < -0.39 is 5.54 Å². The number of methoxy groups -OCH3 is 1. The van der Waals surface area contributed by atoms with E-state index in [0.29, 0.717) is 6.54 Å². The lowest BCUT2D eigenvalue weighted by atomic mass is 9.96. The summed E-state index contributed by atoms with van der Waals surface area (Å²) in [7, 11) is 1.30. The van der Waals surface area contributed by atoms with Crippen molar-refractivity contribution in [2.75, 3.05) is 13.7 Å². The van der Waals surface area contributed by atoms with Gasteiger partial charge in [-0.1, -0.05) is 0 Å². The van der Waals surface area contributed by atoms with Gasteiger partial charge in [0.25, 0.3) is 0 Å². The molecule has 1 heterocycles. The van der Waals surface area contributed by atoms with Gasteiger partial charge >= 0.3 is 5.97 Å². The maximum Gasteiger partial charge on any atom is 0.307 e. The second-order valence-corrected chi connectivity index (χ2v) is 3.07. The number of amides is 1. The SMILES string of the molecule is COC(=O)CC1(N)CNC(=O)C1. The number of hydrogen-bond donors (Lipinski definition) is 2. The zero-order chi connectivity index (χ0) is 9.19. The van der Waals surface area contributed by atoms with Crippen LogP contribution in [0.1, 0.15) is 12.8 Å². The highest BCUT2D eigenvalue weighted by atomic mass is 16.5. The fourth-order valence-electron chi connectivity index (χ4n) is 1.20. The van der Waals surface area contributed by atoms with Gasteiger partial charge in [0.05, 0.1) is 19.1 Å². The number of nitrogens with one attached hydrogen (secondary N) is 1. The first kappa shape index (κ1) is 8.99. The van der Waals surface area contributed by atoms with Gasteiger partial charge in [0.1, 0.15) is 0 Å². The summed E-state index contributed by atoms with van der Waals surface area (Å²) >= 11 is 0. The molecule has 0 aromatic heterocycles. The molecule has 1 saturated heterocycles. The van der Waals surface area contributed by atoms with E-state index >= 15 is 0 Å². The molecule has 0 aliphatic carbocycles. The molecular formula is C7H12N2O3. The highest BCUT2D eigenvalue weighted by Crippen LogP contribution is 2.16. The van der Waals surface area contributed by atoms with E-state index in [4.69, 9.17) is 5.73 Å². The second-order valence-electron chi connectivity index (χ2n) is 3.07. The Hall–Kier alpha value is -1.10. The van der Waals surface area contributed by atoms with Crippen LogP contribution in [0.25, 0.3) is 0 Å². The average molecular weight is 172 g/mol. The van der Waals surface area contributed by atoms with Gasteiger partial charge in [-0.15, -0.1) is 0 Å². The predicted octanol–water partition coefficient (Wildman–Crippen LogP) is -1.23. The van der Waals surface area contributed by atoms with Crippen molar-refractivity contribution in [1.82, 2.24) is 5.32 Å². The maximum atomic E-state index is 10.8. The van der Waals surface area contributed by atoms with Crippen molar-refractivity contribution in [2.24, 2.45) is 5.73 Å². The summed E-state index contributed by atoms with van der Waals surface area (Å²) in [6.45, 7) is 0.348. The van der Waals surface area contributed by atoms with Gasteiger partial charge in [-0.25, -0.2) is 0 Å². The summed E-state index contributed by atoms with van der Waals surface area (Å²) in [5.74, 6) is -0.490. The predicted molar refractivity (Wildman–Crippen MR) is 41.2 cm³/mol. The highest BCUT2D eigenvalue weighted by molar-refractivity contribution is 5.82. The highest BCUT2D eigenvalue weighted by Gasteiger charge is 2.36. The largest absolute Gasteiger partial charge is 0.469 e. The van der Waals surface area contributed by atoms with Crippen molar-refractivity contribution in [1.29, 1.82) is 0 Å².